The largest absolute Gasteiger partial charge is 0.478 e. The standard InChI is InChI=1S/C8H12O2S/c1-2-7(8(9)10)6-3-4-11-5-6/h2-5H2,1H3,(H,9,10)/b7-6-. The number of rotatable bonds is 2. The van der Waals surface area contributed by atoms with Gasteiger partial charge in [-0.15, -0.1) is 0 Å². The van der Waals surface area contributed by atoms with Gasteiger partial charge in [-0.05, 0) is 24.2 Å². The zero-order chi connectivity index (χ0) is 8.27. The quantitative estimate of drug-likeness (QED) is 0.646. The normalized spacial score (nSPS) is 21.9. The van der Waals surface area contributed by atoms with Crippen LogP contribution in [-0.2, 0) is 4.79 Å². The molecule has 0 saturated carbocycles. The average Bonchev–Trinajstić information content (AvgIpc) is 2.40. The van der Waals surface area contributed by atoms with E-state index in [4.69, 9.17) is 5.11 Å². The molecule has 62 valence electrons. The summed E-state index contributed by atoms with van der Waals surface area (Å²) >= 11 is 1.82. The summed E-state index contributed by atoms with van der Waals surface area (Å²) in [5, 5.41) is 8.77. The van der Waals surface area contributed by atoms with Crippen LogP contribution in [0.4, 0.5) is 0 Å². The number of carbonyl (C=O) groups is 1. The maximum atomic E-state index is 10.7. The fourth-order valence-electron chi connectivity index (χ4n) is 1.25. The van der Waals surface area contributed by atoms with Crippen molar-refractivity contribution in [3.8, 4) is 0 Å². The molecule has 2 nitrogen and oxygen atoms in total. The monoisotopic (exact) mass is 172 g/mol. The molecule has 1 heterocycles. The van der Waals surface area contributed by atoms with E-state index < -0.39 is 5.97 Å². The van der Waals surface area contributed by atoms with E-state index >= 15 is 0 Å². The Labute approximate surface area is 70.7 Å². The van der Waals surface area contributed by atoms with Gasteiger partial charge in [-0.1, -0.05) is 6.92 Å². The van der Waals surface area contributed by atoms with E-state index in [1.54, 1.807) is 0 Å². The minimum Gasteiger partial charge on any atom is -0.478 e. The number of carboxylic acids is 1. The van der Waals surface area contributed by atoms with Gasteiger partial charge in [-0.2, -0.15) is 11.8 Å². The van der Waals surface area contributed by atoms with Crippen molar-refractivity contribution < 1.29 is 9.90 Å². The Bertz CT molecular complexity index is 188. The lowest BCUT2D eigenvalue weighted by Gasteiger charge is -2.01. The fraction of sp³-hybridized carbons (Fsp3) is 0.625. The highest BCUT2D eigenvalue weighted by Crippen LogP contribution is 2.26. The molecule has 0 amide bonds. The maximum absolute atomic E-state index is 10.7. The topological polar surface area (TPSA) is 37.3 Å². The van der Waals surface area contributed by atoms with Gasteiger partial charge < -0.3 is 5.11 Å². The zero-order valence-electron chi connectivity index (χ0n) is 6.59. The van der Waals surface area contributed by atoms with Crippen LogP contribution in [0.3, 0.4) is 0 Å². The van der Waals surface area contributed by atoms with Crippen LogP contribution >= 0.6 is 11.8 Å². The van der Waals surface area contributed by atoms with Crippen LogP contribution in [0.2, 0.25) is 0 Å². The molecule has 11 heavy (non-hydrogen) atoms. The van der Waals surface area contributed by atoms with E-state index in [-0.39, 0.29) is 0 Å². The zero-order valence-corrected chi connectivity index (χ0v) is 7.41. The third kappa shape index (κ3) is 1.99. The molecule has 0 aromatic rings. The Hall–Kier alpha value is -0.440. The smallest absolute Gasteiger partial charge is 0.331 e. The van der Waals surface area contributed by atoms with Crippen molar-refractivity contribution in [1.82, 2.24) is 0 Å². The number of aliphatic carboxylic acids is 1. The number of carboxylic acid groups (broad SMARTS) is 1. The highest BCUT2D eigenvalue weighted by Gasteiger charge is 2.15. The molecule has 0 bridgehead atoms. The fourth-order valence-corrected chi connectivity index (χ4v) is 2.35. The van der Waals surface area contributed by atoms with Gasteiger partial charge in [-0.3, -0.25) is 0 Å². The van der Waals surface area contributed by atoms with Crippen LogP contribution < -0.4 is 0 Å². The molecular formula is C8H12O2S. The first kappa shape index (κ1) is 8.65. The Balaban J connectivity index is 2.78. The minimum atomic E-state index is -0.731. The first-order chi connectivity index (χ1) is 5.25. The predicted octanol–water partition coefficient (Wildman–Crippen LogP) is 1.91. The van der Waals surface area contributed by atoms with Crippen molar-refractivity contribution in [3.63, 3.8) is 0 Å². The van der Waals surface area contributed by atoms with E-state index in [1.165, 1.54) is 0 Å². The van der Waals surface area contributed by atoms with Gasteiger partial charge in [0.2, 0.25) is 0 Å². The summed E-state index contributed by atoms with van der Waals surface area (Å²) in [6.45, 7) is 1.90. The molecule has 0 spiro atoms. The van der Waals surface area contributed by atoms with Crippen LogP contribution in [0.5, 0.6) is 0 Å². The summed E-state index contributed by atoms with van der Waals surface area (Å²) < 4.78 is 0. The lowest BCUT2D eigenvalue weighted by atomic mass is 10.1. The molecule has 0 unspecified atom stereocenters. The van der Waals surface area contributed by atoms with Gasteiger partial charge in [-0.25, -0.2) is 4.79 Å². The molecule has 1 saturated heterocycles. The van der Waals surface area contributed by atoms with Crippen molar-refractivity contribution in [1.29, 1.82) is 0 Å². The van der Waals surface area contributed by atoms with Crippen LogP contribution in [0.15, 0.2) is 11.1 Å². The molecule has 0 aromatic carbocycles. The Morgan fingerprint density at radius 2 is 2.45 bits per heavy atom. The Morgan fingerprint density at radius 1 is 1.73 bits per heavy atom. The summed E-state index contributed by atoms with van der Waals surface area (Å²) in [6, 6.07) is 0. The van der Waals surface area contributed by atoms with E-state index in [0.29, 0.717) is 12.0 Å². The lowest BCUT2D eigenvalue weighted by molar-refractivity contribution is -0.132. The van der Waals surface area contributed by atoms with Crippen molar-refractivity contribution >= 4 is 17.7 Å². The third-order valence-corrected chi connectivity index (χ3v) is 2.91. The molecule has 3 heteroatoms. The van der Waals surface area contributed by atoms with Crippen LogP contribution in [-0.4, -0.2) is 22.6 Å². The van der Waals surface area contributed by atoms with E-state index in [2.05, 4.69) is 0 Å². The molecule has 1 aliphatic rings. The molecule has 0 radical (unpaired) electrons. The molecule has 1 N–H and O–H groups in total. The number of hydrogen-bond acceptors (Lipinski definition) is 2. The highest BCUT2D eigenvalue weighted by molar-refractivity contribution is 7.99. The summed E-state index contributed by atoms with van der Waals surface area (Å²) in [5.74, 6) is 1.28. The molecular weight excluding hydrogens is 160 g/mol. The first-order valence-corrected chi connectivity index (χ1v) is 4.93. The second-order valence-electron chi connectivity index (χ2n) is 2.54. The first-order valence-electron chi connectivity index (χ1n) is 3.77. The van der Waals surface area contributed by atoms with Crippen molar-refractivity contribution in [2.24, 2.45) is 0 Å². The minimum absolute atomic E-state index is 0.634. The second-order valence-corrected chi connectivity index (χ2v) is 3.65. The SMILES string of the molecule is CC/C(C(=O)O)=C1\CCSC1. The third-order valence-electron chi connectivity index (χ3n) is 1.86. The summed E-state index contributed by atoms with van der Waals surface area (Å²) in [7, 11) is 0. The van der Waals surface area contributed by atoms with E-state index in [9.17, 15) is 4.79 Å². The molecule has 0 aromatic heterocycles. The van der Waals surface area contributed by atoms with Gasteiger partial charge >= 0.3 is 5.97 Å². The molecule has 0 aliphatic carbocycles. The average molecular weight is 172 g/mol. The summed E-state index contributed by atoms with van der Waals surface area (Å²) in [4.78, 5) is 10.7. The molecule has 1 fully saturated rings. The number of hydrogen-bond donors (Lipinski definition) is 1. The summed E-state index contributed by atoms with van der Waals surface area (Å²) in [6.07, 6.45) is 1.63. The molecule has 1 rings (SSSR count). The lowest BCUT2D eigenvalue weighted by Crippen LogP contribution is -2.03. The van der Waals surface area contributed by atoms with E-state index in [1.807, 2.05) is 18.7 Å². The van der Waals surface area contributed by atoms with Gasteiger partial charge in [0.05, 0.1) is 0 Å². The Kier molecular flexibility index (Phi) is 3.00. The van der Waals surface area contributed by atoms with Gasteiger partial charge in [0, 0.05) is 11.3 Å². The van der Waals surface area contributed by atoms with Crippen LogP contribution in [0.1, 0.15) is 19.8 Å². The van der Waals surface area contributed by atoms with E-state index in [0.717, 1.165) is 23.5 Å². The van der Waals surface area contributed by atoms with Crippen molar-refractivity contribution in [3.05, 3.63) is 11.1 Å². The van der Waals surface area contributed by atoms with Crippen LogP contribution in [0.25, 0.3) is 0 Å². The van der Waals surface area contributed by atoms with Gasteiger partial charge in [0.15, 0.2) is 0 Å². The van der Waals surface area contributed by atoms with Crippen molar-refractivity contribution in [2.45, 2.75) is 19.8 Å². The van der Waals surface area contributed by atoms with Crippen LogP contribution in [0, 0.1) is 0 Å². The summed E-state index contributed by atoms with van der Waals surface area (Å²) in [5.41, 5.74) is 1.78. The second kappa shape index (κ2) is 3.81. The molecule has 1 aliphatic heterocycles. The predicted molar refractivity (Wildman–Crippen MR) is 46.9 cm³/mol. The highest BCUT2D eigenvalue weighted by atomic mass is 32.2. The maximum Gasteiger partial charge on any atom is 0.331 e. The Morgan fingerprint density at radius 3 is 2.82 bits per heavy atom. The van der Waals surface area contributed by atoms with Gasteiger partial charge in [0.25, 0.3) is 0 Å². The molecule has 0 atom stereocenters. The van der Waals surface area contributed by atoms with Gasteiger partial charge in [0.1, 0.15) is 0 Å². The van der Waals surface area contributed by atoms with Crippen molar-refractivity contribution in [2.75, 3.05) is 11.5 Å². The number of thioether (sulfide) groups is 1.